The Morgan fingerprint density at radius 3 is 0.364 bits per heavy atom. The van der Waals surface area contributed by atoms with Crippen molar-refractivity contribution >= 4 is 12.4 Å². The van der Waals surface area contributed by atoms with Crippen LogP contribution in [0.4, 0.5) is 0 Å². The van der Waals surface area contributed by atoms with E-state index in [4.69, 9.17) is 55.0 Å². The molecule has 22 heteroatoms. The second kappa shape index (κ2) is 17.6. The van der Waals surface area contributed by atoms with E-state index in [1.165, 1.54) is 0 Å². The van der Waals surface area contributed by atoms with Gasteiger partial charge in [-0.25, -0.2) is 0 Å². The van der Waals surface area contributed by atoms with Crippen molar-refractivity contribution in [2.75, 3.05) is 0 Å². The van der Waals surface area contributed by atoms with E-state index in [0.29, 0.717) is 0 Å². The summed E-state index contributed by atoms with van der Waals surface area (Å²) < 4.78 is 133. The first-order valence-corrected chi connectivity index (χ1v) is 17.0. The van der Waals surface area contributed by atoms with Gasteiger partial charge in [0.2, 0.25) is 0 Å². The normalized spacial score (nSPS) is 10.9. The Morgan fingerprint density at radius 2 is 0.364 bits per heavy atom. The second-order valence-corrected chi connectivity index (χ2v) is 10.6. The summed E-state index contributed by atoms with van der Waals surface area (Å²) in [4.78, 5) is 0. The molecule has 0 aromatic rings. The first-order valence-electron chi connectivity index (χ1n) is 2.53. The van der Waals surface area contributed by atoms with Crippen LogP contribution < -0.4 is 122 Å². The minimum Gasteiger partial charge on any atom is -0.256 e. The Labute approximate surface area is 164 Å². The van der Waals surface area contributed by atoms with Gasteiger partial charge in [-0.3, -0.25) is 41.2 Å². The molecule has 0 aromatic carbocycles. The average Bonchev–Trinajstić information content (AvgIpc) is 1.62. The summed E-state index contributed by atoms with van der Waals surface area (Å²) in [6.45, 7) is 0. The van der Waals surface area contributed by atoms with Crippen molar-refractivity contribution in [2.45, 2.75) is 0 Å². The van der Waals surface area contributed by atoms with E-state index < -0.39 is 80.4 Å². The molecule has 0 saturated carbocycles. The monoisotopic (exact) mass is 905 g/mol. The molecule has 0 unspecified atom stereocenters. The van der Waals surface area contributed by atoms with Crippen LogP contribution >= 0.6 is 12.4 Å². The van der Waals surface area contributed by atoms with Crippen LogP contribution in [0.3, 0.4) is 0 Å². The number of rotatable bonds is 0. The van der Waals surface area contributed by atoms with E-state index in [9.17, 15) is 0 Å². The van der Waals surface area contributed by atoms with Crippen molar-refractivity contribution in [1.82, 2.24) is 0 Å². The SMILES string of the molecule is Cl.[O-][I+3]([O-])([O-])O.[O-][I+3]([O-])([O-])O.[O-][I+3]([O-])([O-])O.[O-][I+3]([O-])([O-])O.[Ru]. The molecule has 0 aromatic heterocycles. The van der Waals surface area contributed by atoms with Crippen molar-refractivity contribution in [3.63, 3.8) is 0 Å². The summed E-state index contributed by atoms with van der Waals surface area (Å²) in [6.07, 6.45) is 0. The van der Waals surface area contributed by atoms with E-state index >= 15 is 0 Å². The largest absolute Gasteiger partial charge is 0.368 e. The van der Waals surface area contributed by atoms with Gasteiger partial charge in [0.15, 0.2) is 0 Å². The van der Waals surface area contributed by atoms with Gasteiger partial charge in [-0.05, 0) is 0 Å². The van der Waals surface area contributed by atoms with Gasteiger partial charge in [-0.2, -0.15) is 0 Å². The smallest absolute Gasteiger partial charge is 0.256 e. The molecule has 0 radical (unpaired) electrons. The third kappa shape index (κ3) is 1120. The maximum absolute atomic E-state index is 8.73. The van der Waals surface area contributed by atoms with Crippen LogP contribution in [0.1, 0.15) is 0 Å². The summed E-state index contributed by atoms with van der Waals surface area (Å²) in [5.41, 5.74) is 0. The summed E-state index contributed by atoms with van der Waals surface area (Å²) in [5.74, 6) is 0. The molecule has 0 amide bonds. The van der Waals surface area contributed by atoms with Crippen LogP contribution in [0.5, 0.6) is 0 Å². The minimum absolute atomic E-state index is 0. The Hall–Kier alpha value is 3.19. The molecule has 0 heterocycles. The molecule has 0 fully saturated rings. The Morgan fingerprint density at radius 1 is 0.364 bits per heavy atom. The molecular formula is H5ClI4O16Ru. The van der Waals surface area contributed by atoms with Gasteiger partial charge in [0.1, 0.15) is 0 Å². The molecule has 0 aliphatic rings. The Kier molecular flexibility index (Phi) is 32.0. The summed E-state index contributed by atoms with van der Waals surface area (Å²) >= 11 is -22.8. The van der Waals surface area contributed by atoms with Crippen molar-refractivity contribution in [1.29, 1.82) is 0 Å². The van der Waals surface area contributed by atoms with Crippen LogP contribution in [-0.4, -0.2) is 13.7 Å². The molecule has 0 saturated heterocycles. The maximum Gasteiger partial charge on any atom is 0.368 e. The fourth-order valence-corrected chi connectivity index (χ4v) is 0. The second-order valence-electron chi connectivity index (χ2n) is 1.58. The Balaban J connectivity index is -0.0000000376. The van der Waals surface area contributed by atoms with Gasteiger partial charge >= 0.3 is 80.4 Å². The zero-order valence-electron chi connectivity index (χ0n) is 8.96. The van der Waals surface area contributed by atoms with Gasteiger partial charge in [0.25, 0.3) is 0 Å². The zero-order valence-corrected chi connectivity index (χ0v) is 20.1. The van der Waals surface area contributed by atoms with E-state index in [1.807, 2.05) is 0 Å². The molecule has 22 heavy (non-hydrogen) atoms. The molecule has 0 aliphatic carbocycles. The summed E-state index contributed by atoms with van der Waals surface area (Å²) in [6, 6.07) is 0. The third-order valence-corrected chi connectivity index (χ3v) is 0. The molecule has 0 aliphatic heterocycles. The molecule has 0 atom stereocenters. The minimum atomic E-state index is -5.69. The summed E-state index contributed by atoms with van der Waals surface area (Å²) in [5, 5.41) is 0. The fraction of sp³-hybridized carbons (Fsp3) is 0. The number of hydrogen-bond acceptors (Lipinski definition) is 16. The van der Waals surface area contributed by atoms with Crippen LogP contribution in [0, 0.1) is 0 Å². The molecule has 144 valence electrons. The van der Waals surface area contributed by atoms with Gasteiger partial charge in [-0.15, -0.1) is 12.4 Å². The molecule has 4 N–H and O–H groups in total. The van der Waals surface area contributed by atoms with Crippen LogP contribution in [0.2, 0.25) is 0 Å². The first kappa shape index (κ1) is 40.0. The number of halogens is 5. The third-order valence-electron chi connectivity index (χ3n) is 0. The molecule has 16 nitrogen and oxygen atoms in total. The quantitative estimate of drug-likeness (QED) is 0.130. The summed E-state index contributed by atoms with van der Waals surface area (Å²) in [7, 11) is 0. The molecule has 0 rings (SSSR count). The van der Waals surface area contributed by atoms with Crippen molar-refractivity contribution in [2.24, 2.45) is 0 Å². The molecule has 0 spiro atoms. The van der Waals surface area contributed by atoms with Crippen molar-refractivity contribution < 1.29 is 155 Å². The fourth-order valence-electron chi connectivity index (χ4n) is 0. The first-order chi connectivity index (χ1) is 8.00. The molecular weight excluding hydrogens is 900 g/mol. The van der Waals surface area contributed by atoms with Gasteiger partial charge in [0.05, 0.1) is 0 Å². The Bertz CT molecular complexity index is 136. The van der Waals surface area contributed by atoms with Crippen molar-refractivity contribution in [3.05, 3.63) is 0 Å². The standard InChI is InChI=1S/ClH.4HIO4.Ru/c;4*2-1(3,4)5;/h1H;4*2H;. The van der Waals surface area contributed by atoms with Gasteiger partial charge in [0, 0.05) is 33.2 Å². The number of hydrogen-bond donors (Lipinski definition) is 4. The van der Waals surface area contributed by atoms with E-state index in [0.717, 1.165) is 0 Å². The van der Waals surface area contributed by atoms with Gasteiger partial charge < -0.3 is 0 Å². The van der Waals surface area contributed by atoms with Crippen molar-refractivity contribution in [3.8, 4) is 0 Å². The van der Waals surface area contributed by atoms with E-state index in [1.54, 1.807) is 0 Å². The average molecular weight is 905 g/mol. The molecule has 0 bridgehead atoms. The zero-order chi connectivity index (χ0) is 18.0. The van der Waals surface area contributed by atoms with Crippen LogP contribution in [0.15, 0.2) is 0 Å². The van der Waals surface area contributed by atoms with E-state index in [-0.39, 0.29) is 31.9 Å². The predicted octanol–water partition coefficient (Wildman–Crippen LogP) is -28.1. The van der Waals surface area contributed by atoms with E-state index in [2.05, 4.69) is 0 Å². The predicted molar refractivity (Wildman–Crippen MR) is 16.1 cm³/mol. The van der Waals surface area contributed by atoms with Crippen LogP contribution in [-0.2, 0) is 19.5 Å². The maximum atomic E-state index is 8.73. The van der Waals surface area contributed by atoms with Gasteiger partial charge in [-0.1, -0.05) is 0 Å². The topological polar surface area (TPSA) is 358 Å². The van der Waals surface area contributed by atoms with Crippen LogP contribution in [0.25, 0.3) is 0 Å².